The van der Waals surface area contributed by atoms with Gasteiger partial charge in [0.25, 0.3) is 5.56 Å². The highest BCUT2D eigenvalue weighted by atomic mass is 16.2. The zero-order valence-corrected chi connectivity index (χ0v) is 12.4. The van der Waals surface area contributed by atoms with Crippen molar-refractivity contribution in [2.75, 3.05) is 6.54 Å². The van der Waals surface area contributed by atoms with Crippen LogP contribution in [0.2, 0.25) is 0 Å². The molecular formula is C18H16N2O2. The predicted molar refractivity (Wildman–Crippen MR) is 86.0 cm³/mol. The van der Waals surface area contributed by atoms with E-state index in [1.807, 2.05) is 30.5 Å². The fourth-order valence-electron chi connectivity index (χ4n) is 3.29. The Balaban J connectivity index is 2.02. The maximum Gasteiger partial charge on any atom is 0.260 e. The van der Waals surface area contributed by atoms with Gasteiger partial charge >= 0.3 is 0 Å². The number of rotatable bonds is 0. The molecule has 0 saturated heterocycles. The van der Waals surface area contributed by atoms with Crippen molar-refractivity contribution in [2.45, 2.75) is 19.9 Å². The van der Waals surface area contributed by atoms with E-state index in [4.69, 9.17) is 0 Å². The van der Waals surface area contributed by atoms with Crippen molar-refractivity contribution in [2.24, 2.45) is 0 Å². The molecule has 3 heterocycles. The maximum atomic E-state index is 12.8. The van der Waals surface area contributed by atoms with Crippen LogP contribution in [0, 0.1) is 0 Å². The average molecular weight is 292 g/mol. The van der Waals surface area contributed by atoms with E-state index in [1.165, 1.54) is 0 Å². The second-order valence-corrected chi connectivity index (χ2v) is 5.80. The SMILES string of the molecule is CC(=O)N1CCc2cc3c4ccccc4ccn3c(=O)c2C1. The number of carbonyl (C=O) groups excluding carboxylic acids is 1. The maximum absolute atomic E-state index is 12.8. The number of hydrogen-bond acceptors (Lipinski definition) is 2. The van der Waals surface area contributed by atoms with E-state index >= 15 is 0 Å². The quantitative estimate of drug-likeness (QED) is 0.597. The van der Waals surface area contributed by atoms with Crippen LogP contribution in [-0.2, 0) is 17.8 Å². The molecule has 3 aromatic rings. The molecule has 0 N–H and O–H groups in total. The van der Waals surface area contributed by atoms with Crippen LogP contribution in [0.3, 0.4) is 0 Å². The van der Waals surface area contributed by atoms with Gasteiger partial charge in [-0.1, -0.05) is 24.3 Å². The van der Waals surface area contributed by atoms with Gasteiger partial charge in [-0.3, -0.25) is 14.0 Å². The lowest BCUT2D eigenvalue weighted by Crippen LogP contribution is -2.38. The molecule has 1 aromatic carbocycles. The molecule has 1 aliphatic rings. The summed E-state index contributed by atoms with van der Waals surface area (Å²) in [5.74, 6) is 0.0219. The smallest absolute Gasteiger partial charge is 0.260 e. The molecule has 0 fully saturated rings. The minimum Gasteiger partial charge on any atom is -0.338 e. The molecule has 22 heavy (non-hydrogen) atoms. The number of fused-ring (bicyclic) bond motifs is 4. The second kappa shape index (κ2) is 4.70. The third-order valence-electron chi connectivity index (χ3n) is 4.52. The predicted octanol–water partition coefficient (Wildman–Crippen LogP) is 2.36. The summed E-state index contributed by atoms with van der Waals surface area (Å²) >= 11 is 0. The minimum absolute atomic E-state index is 0.01000. The van der Waals surface area contributed by atoms with Crippen LogP contribution in [0.4, 0.5) is 0 Å². The molecule has 4 nitrogen and oxygen atoms in total. The Morgan fingerprint density at radius 1 is 1.18 bits per heavy atom. The topological polar surface area (TPSA) is 41.8 Å². The van der Waals surface area contributed by atoms with E-state index < -0.39 is 0 Å². The van der Waals surface area contributed by atoms with Gasteiger partial charge in [-0.15, -0.1) is 0 Å². The van der Waals surface area contributed by atoms with E-state index in [-0.39, 0.29) is 11.5 Å². The van der Waals surface area contributed by atoms with Gasteiger partial charge in [0.2, 0.25) is 5.91 Å². The summed E-state index contributed by atoms with van der Waals surface area (Å²) in [4.78, 5) is 26.1. The summed E-state index contributed by atoms with van der Waals surface area (Å²) in [7, 11) is 0. The number of aromatic nitrogens is 1. The molecule has 0 radical (unpaired) electrons. The fraction of sp³-hybridized carbons (Fsp3) is 0.222. The highest BCUT2D eigenvalue weighted by Crippen LogP contribution is 2.23. The average Bonchev–Trinajstić information content (AvgIpc) is 2.54. The van der Waals surface area contributed by atoms with Crippen molar-refractivity contribution in [1.29, 1.82) is 0 Å². The fourth-order valence-corrected chi connectivity index (χ4v) is 3.29. The third kappa shape index (κ3) is 1.84. The minimum atomic E-state index is -0.01000. The first-order chi connectivity index (χ1) is 10.6. The molecule has 110 valence electrons. The molecule has 0 saturated carbocycles. The Morgan fingerprint density at radius 2 is 2.00 bits per heavy atom. The molecule has 0 aliphatic carbocycles. The number of amides is 1. The first-order valence-corrected chi connectivity index (χ1v) is 7.45. The Labute approximate surface area is 127 Å². The Kier molecular flexibility index (Phi) is 2.79. The molecule has 4 heteroatoms. The normalized spacial score (nSPS) is 14.3. The van der Waals surface area contributed by atoms with Gasteiger partial charge in [0.05, 0.1) is 12.1 Å². The first kappa shape index (κ1) is 13.1. The van der Waals surface area contributed by atoms with Crippen molar-refractivity contribution < 1.29 is 4.79 Å². The molecule has 2 aromatic heterocycles. The van der Waals surface area contributed by atoms with E-state index in [1.54, 1.807) is 16.2 Å². The van der Waals surface area contributed by atoms with Gasteiger partial charge < -0.3 is 4.90 Å². The van der Waals surface area contributed by atoms with Gasteiger partial charge in [-0.05, 0) is 29.5 Å². The van der Waals surface area contributed by atoms with E-state index in [9.17, 15) is 9.59 Å². The van der Waals surface area contributed by atoms with Crippen molar-refractivity contribution in [3.8, 4) is 0 Å². The molecule has 1 amide bonds. The van der Waals surface area contributed by atoms with Crippen LogP contribution < -0.4 is 5.56 Å². The third-order valence-corrected chi connectivity index (χ3v) is 4.52. The van der Waals surface area contributed by atoms with Gasteiger partial charge in [-0.2, -0.15) is 0 Å². The highest BCUT2D eigenvalue weighted by molar-refractivity contribution is 5.95. The molecule has 4 rings (SSSR count). The van der Waals surface area contributed by atoms with Crippen molar-refractivity contribution in [1.82, 2.24) is 9.30 Å². The van der Waals surface area contributed by atoms with Gasteiger partial charge in [0.1, 0.15) is 0 Å². The summed E-state index contributed by atoms with van der Waals surface area (Å²) in [5.41, 5.74) is 2.75. The van der Waals surface area contributed by atoms with Crippen LogP contribution in [-0.4, -0.2) is 21.8 Å². The lowest BCUT2D eigenvalue weighted by atomic mass is 9.99. The van der Waals surface area contributed by atoms with Crippen LogP contribution in [0.5, 0.6) is 0 Å². The molecule has 1 aliphatic heterocycles. The zero-order chi connectivity index (χ0) is 15.3. The number of nitrogens with zero attached hydrogens (tertiary/aromatic N) is 2. The summed E-state index contributed by atoms with van der Waals surface area (Å²) < 4.78 is 1.70. The molecule has 0 atom stereocenters. The highest BCUT2D eigenvalue weighted by Gasteiger charge is 2.22. The number of carbonyl (C=O) groups is 1. The van der Waals surface area contributed by atoms with E-state index in [2.05, 4.69) is 12.1 Å². The standard InChI is InChI=1S/C18H16N2O2/c1-12(21)19-8-6-14-10-17-15-5-3-2-4-13(15)7-9-20(17)18(22)16(14)11-19/h2-5,7,9-10H,6,8,11H2,1H3. The monoisotopic (exact) mass is 292 g/mol. The molecule has 0 unspecified atom stereocenters. The first-order valence-electron chi connectivity index (χ1n) is 7.45. The summed E-state index contributed by atoms with van der Waals surface area (Å²) in [5, 5.41) is 2.21. The molecule has 0 spiro atoms. The summed E-state index contributed by atoms with van der Waals surface area (Å²) in [6.07, 6.45) is 2.57. The largest absolute Gasteiger partial charge is 0.338 e. The van der Waals surface area contributed by atoms with Gasteiger partial charge in [-0.25, -0.2) is 0 Å². The Hall–Kier alpha value is -2.62. The van der Waals surface area contributed by atoms with Crippen molar-refractivity contribution in [3.63, 3.8) is 0 Å². The summed E-state index contributed by atoms with van der Waals surface area (Å²) in [6.45, 7) is 2.65. The van der Waals surface area contributed by atoms with Crippen LogP contribution in [0.1, 0.15) is 18.1 Å². The van der Waals surface area contributed by atoms with Gasteiger partial charge in [0, 0.05) is 30.6 Å². The Bertz CT molecular complexity index is 972. The van der Waals surface area contributed by atoms with Crippen LogP contribution >= 0.6 is 0 Å². The lowest BCUT2D eigenvalue weighted by molar-refractivity contribution is -0.129. The van der Waals surface area contributed by atoms with Gasteiger partial charge in [0.15, 0.2) is 0 Å². The summed E-state index contributed by atoms with van der Waals surface area (Å²) in [6, 6.07) is 12.2. The lowest BCUT2D eigenvalue weighted by Gasteiger charge is -2.27. The van der Waals surface area contributed by atoms with Crippen LogP contribution in [0.25, 0.3) is 16.3 Å². The van der Waals surface area contributed by atoms with Crippen LogP contribution in [0.15, 0.2) is 47.4 Å². The number of hydrogen-bond donors (Lipinski definition) is 0. The second-order valence-electron chi connectivity index (χ2n) is 5.80. The van der Waals surface area contributed by atoms with E-state index in [0.717, 1.165) is 33.8 Å². The molecular weight excluding hydrogens is 276 g/mol. The van der Waals surface area contributed by atoms with E-state index in [0.29, 0.717) is 13.1 Å². The van der Waals surface area contributed by atoms with Crippen molar-refractivity contribution in [3.05, 3.63) is 64.1 Å². The van der Waals surface area contributed by atoms with Crippen molar-refractivity contribution >= 4 is 22.2 Å². The zero-order valence-electron chi connectivity index (χ0n) is 12.4. The molecule has 0 bridgehead atoms. The Morgan fingerprint density at radius 3 is 2.82 bits per heavy atom. The number of pyridine rings is 2. The number of benzene rings is 1.